The Hall–Kier alpha value is -1.14. The largest absolute Gasteiger partial charge is 0.393 e. The number of carbonyl (C=O) groups is 2. The molecular formula is C12H19N3O3. The van der Waals surface area contributed by atoms with E-state index < -0.39 is 0 Å². The smallest absolute Gasteiger partial charge is 0.241 e. The van der Waals surface area contributed by atoms with Gasteiger partial charge in [-0.1, -0.05) is 0 Å². The standard InChI is InChI=1S/C12H19N3O3/c16-10-2-1-7-5-15(6-8(7)10)12(18)9-3-14-11(17)4-13-9/h7-10,13,16H,1-6H2,(H,14,17). The van der Waals surface area contributed by atoms with Gasteiger partial charge < -0.3 is 15.3 Å². The van der Waals surface area contributed by atoms with Crippen LogP contribution in [0.5, 0.6) is 0 Å². The summed E-state index contributed by atoms with van der Waals surface area (Å²) in [4.78, 5) is 25.1. The van der Waals surface area contributed by atoms with Gasteiger partial charge in [-0.05, 0) is 18.8 Å². The zero-order chi connectivity index (χ0) is 12.7. The van der Waals surface area contributed by atoms with Gasteiger partial charge in [-0.15, -0.1) is 0 Å². The third-order valence-corrected chi connectivity index (χ3v) is 4.44. The minimum Gasteiger partial charge on any atom is -0.393 e. The van der Waals surface area contributed by atoms with Crippen molar-refractivity contribution in [2.75, 3.05) is 26.2 Å². The number of hydrogen-bond donors (Lipinski definition) is 3. The van der Waals surface area contributed by atoms with Crippen LogP contribution in [-0.2, 0) is 9.59 Å². The number of nitrogens with one attached hydrogen (secondary N) is 2. The predicted molar refractivity (Wildman–Crippen MR) is 63.6 cm³/mol. The molecule has 0 aromatic heterocycles. The molecule has 3 rings (SSSR count). The van der Waals surface area contributed by atoms with E-state index in [4.69, 9.17) is 0 Å². The van der Waals surface area contributed by atoms with E-state index in [0.717, 1.165) is 19.4 Å². The second-order valence-corrected chi connectivity index (χ2v) is 5.55. The second kappa shape index (κ2) is 4.51. The number of amides is 2. The Morgan fingerprint density at radius 2 is 2.17 bits per heavy atom. The van der Waals surface area contributed by atoms with E-state index in [1.54, 1.807) is 0 Å². The quantitative estimate of drug-likeness (QED) is 0.520. The fraction of sp³-hybridized carbons (Fsp3) is 0.833. The number of hydrogen-bond acceptors (Lipinski definition) is 4. The average molecular weight is 253 g/mol. The van der Waals surface area contributed by atoms with E-state index in [0.29, 0.717) is 19.0 Å². The molecule has 3 aliphatic rings. The SMILES string of the molecule is O=C1CNC(C(=O)N2CC3CCC(O)C3C2)CN1. The zero-order valence-corrected chi connectivity index (χ0v) is 10.3. The Bertz CT molecular complexity index is 364. The maximum absolute atomic E-state index is 12.3. The molecule has 3 fully saturated rings. The van der Waals surface area contributed by atoms with Gasteiger partial charge in [-0.3, -0.25) is 14.9 Å². The van der Waals surface area contributed by atoms with Crippen molar-refractivity contribution in [2.24, 2.45) is 11.8 Å². The molecular weight excluding hydrogens is 234 g/mol. The summed E-state index contributed by atoms with van der Waals surface area (Å²) < 4.78 is 0. The van der Waals surface area contributed by atoms with Crippen molar-refractivity contribution in [2.45, 2.75) is 25.0 Å². The Labute approximate surface area is 106 Å². The topological polar surface area (TPSA) is 81.7 Å². The number of fused-ring (bicyclic) bond motifs is 1. The molecule has 0 aromatic rings. The summed E-state index contributed by atoms with van der Waals surface area (Å²) in [5.41, 5.74) is 0. The van der Waals surface area contributed by atoms with E-state index in [9.17, 15) is 14.7 Å². The lowest BCUT2D eigenvalue weighted by atomic mass is 10.00. The maximum Gasteiger partial charge on any atom is 0.241 e. The summed E-state index contributed by atoms with van der Waals surface area (Å²) in [6, 6.07) is -0.307. The Kier molecular flexibility index (Phi) is 2.99. The monoisotopic (exact) mass is 253 g/mol. The molecule has 2 heterocycles. The van der Waals surface area contributed by atoms with Crippen LogP contribution < -0.4 is 10.6 Å². The normalized spacial score (nSPS) is 39.6. The summed E-state index contributed by atoms with van der Waals surface area (Å²) in [7, 11) is 0. The van der Waals surface area contributed by atoms with Crippen molar-refractivity contribution in [1.29, 1.82) is 0 Å². The van der Waals surface area contributed by atoms with Crippen molar-refractivity contribution in [3.05, 3.63) is 0 Å². The maximum atomic E-state index is 12.3. The van der Waals surface area contributed by atoms with Crippen LogP contribution in [0.1, 0.15) is 12.8 Å². The Morgan fingerprint density at radius 3 is 2.83 bits per heavy atom. The van der Waals surface area contributed by atoms with Gasteiger partial charge in [0.2, 0.25) is 11.8 Å². The summed E-state index contributed by atoms with van der Waals surface area (Å²) in [5.74, 6) is 0.707. The summed E-state index contributed by atoms with van der Waals surface area (Å²) >= 11 is 0. The van der Waals surface area contributed by atoms with Crippen LogP contribution in [0.2, 0.25) is 0 Å². The van der Waals surface area contributed by atoms with E-state index in [1.165, 1.54) is 0 Å². The molecule has 6 heteroatoms. The molecule has 0 spiro atoms. The first-order chi connectivity index (χ1) is 8.65. The molecule has 2 amide bonds. The Balaban J connectivity index is 1.59. The number of nitrogens with zero attached hydrogens (tertiary/aromatic N) is 1. The third kappa shape index (κ3) is 1.99. The summed E-state index contributed by atoms with van der Waals surface area (Å²) in [5, 5.41) is 15.5. The van der Waals surface area contributed by atoms with Crippen LogP contribution >= 0.6 is 0 Å². The first-order valence-electron chi connectivity index (χ1n) is 6.62. The molecule has 18 heavy (non-hydrogen) atoms. The highest BCUT2D eigenvalue weighted by molar-refractivity contribution is 5.87. The van der Waals surface area contributed by atoms with Crippen molar-refractivity contribution in [1.82, 2.24) is 15.5 Å². The van der Waals surface area contributed by atoms with Crippen LogP contribution in [0.15, 0.2) is 0 Å². The van der Waals surface area contributed by atoms with E-state index in [2.05, 4.69) is 10.6 Å². The van der Waals surface area contributed by atoms with Gasteiger partial charge in [0.25, 0.3) is 0 Å². The molecule has 1 saturated carbocycles. The van der Waals surface area contributed by atoms with Gasteiger partial charge in [0.15, 0.2) is 0 Å². The van der Waals surface area contributed by atoms with Gasteiger partial charge in [0.05, 0.1) is 12.6 Å². The molecule has 0 radical (unpaired) electrons. The fourth-order valence-electron chi connectivity index (χ4n) is 3.38. The molecule has 2 saturated heterocycles. The highest BCUT2D eigenvalue weighted by Gasteiger charge is 2.44. The predicted octanol–water partition coefficient (Wildman–Crippen LogP) is -1.70. The minimum atomic E-state index is -0.307. The molecule has 6 nitrogen and oxygen atoms in total. The van der Waals surface area contributed by atoms with Crippen LogP contribution in [0, 0.1) is 11.8 Å². The van der Waals surface area contributed by atoms with Crippen LogP contribution in [-0.4, -0.2) is 60.1 Å². The number of carbonyl (C=O) groups excluding carboxylic acids is 2. The number of aliphatic hydroxyl groups excluding tert-OH is 1. The van der Waals surface area contributed by atoms with E-state index >= 15 is 0 Å². The van der Waals surface area contributed by atoms with E-state index in [1.807, 2.05) is 4.90 Å². The first-order valence-corrected chi connectivity index (χ1v) is 6.62. The van der Waals surface area contributed by atoms with Crippen LogP contribution in [0.3, 0.4) is 0 Å². The first kappa shape index (κ1) is 11.9. The fourth-order valence-corrected chi connectivity index (χ4v) is 3.38. The average Bonchev–Trinajstić information content (AvgIpc) is 2.92. The molecule has 4 atom stereocenters. The van der Waals surface area contributed by atoms with Crippen molar-refractivity contribution in [3.8, 4) is 0 Å². The van der Waals surface area contributed by atoms with Gasteiger partial charge in [-0.25, -0.2) is 0 Å². The van der Waals surface area contributed by atoms with Gasteiger partial charge in [0, 0.05) is 25.6 Å². The molecule has 0 bridgehead atoms. The second-order valence-electron chi connectivity index (χ2n) is 5.55. The zero-order valence-electron chi connectivity index (χ0n) is 10.3. The molecule has 0 aromatic carbocycles. The molecule has 1 aliphatic carbocycles. The van der Waals surface area contributed by atoms with Crippen LogP contribution in [0.4, 0.5) is 0 Å². The van der Waals surface area contributed by atoms with Gasteiger partial charge in [0.1, 0.15) is 6.04 Å². The number of likely N-dealkylation sites (tertiary alicyclic amines) is 1. The molecule has 100 valence electrons. The minimum absolute atomic E-state index is 0.0524. The summed E-state index contributed by atoms with van der Waals surface area (Å²) in [6.45, 7) is 2.00. The van der Waals surface area contributed by atoms with Crippen molar-refractivity contribution < 1.29 is 14.7 Å². The van der Waals surface area contributed by atoms with Crippen molar-refractivity contribution >= 4 is 11.8 Å². The third-order valence-electron chi connectivity index (χ3n) is 4.44. The van der Waals surface area contributed by atoms with E-state index in [-0.39, 0.29) is 36.4 Å². The number of piperazine rings is 1. The number of aliphatic hydroxyl groups is 1. The molecule has 3 N–H and O–H groups in total. The summed E-state index contributed by atoms with van der Waals surface area (Å²) in [6.07, 6.45) is 1.64. The highest BCUT2D eigenvalue weighted by Crippen LogP contribution is 2.38. The molecule has 4 unspecified atom stereocenters. The van der Waals surface area contributed by atoms with Gasteiger partial charge >= 0.3 is 0 Å². The highest BCUT2D eigenvalue weighted by atomic mass is 16.3. The van der Waals surface area contributed by atoms with Crippen molar-refractivity contribution in [3.63, 3.8) is 0 Å². The van der Waals surface area contributed by atoms with Gasteiger partial charge in [-0.2, -0.15) is 0 Å². The lowest BCUT2D eigenvalue weighted by Crippen LogP contribution is -2.58. The lowest BCUT2D eigenvalue weighted by Gasteiger charge is -2.28. The van der Waals surface area contributed by atoms with Crippen LogP contribution in [0.25, 0.3) is 0 Å². The Morgan fingerprint density at radius 1 is 1.33 bits per heavy atom. The number of rotatable bonds is 1. The lowest BCUT2D eigenvalue weighted by molar-refractivity contribution is -0.134. The molecule has 2 aliphatic heterocycles.